The first kappa shape index (κ1) is 11.5. The number of imidazole rings is 1. The molecule has 1 aliphatic heterocycles. The van der Waals surface area contributed by atoms with E-state index in [0.29, 0.717) is 6.04 Å². The fourth-order valence-corrected chi connectivity index (χ4v) is 3.00. The number of likely N-dealkylation sites (N-methyl/N-ethyl adjacent to an activating group) is 1. The van der Waals surface area contributed by atoms with E-state index >= 15 is 0 Å². The molecular formula is C14H19N3O. The van der Waals surface area contributed by atoms with Crippen molar-refractivity contribution in [3.63, 3.8) is 0 Å². The molecule has 96 valence electrons. The molecule has 2 aromatic rings. The molecule has 1 aromatic carbocycles. The topological polar surface area (TPSA) is 41.0 Å². The smallest absolute Gasteiger partial charge is 0.305 e. The fourth-order valence-electron chi connectivity index (χ4n) is 3.00. The summed E-state index contributed by atoms with van der Waals surface area (Å²) >= 11 is 0. The lowest BCUT2D eigenvalue weighted by Gasteiger charge is -2.30. The minimum Gasteiger partial charge on any atom is -0.305 e. The molecule has 1 saturated heterocycles. The van der Waals surface area contributed by atoms with Gasteiger partial charge < -0.3 is 9.88 Å². The quantitative estimate of drug-likeness (QED) is 0.833. The minimum absolute atomic E-state index is 0.0274. The number of piperidine rings is 1. The predicted octanol–water partition coefficient (Wildman–Crippen LogP) is 1.90. The van der Waals surface area contributed by atoms with Gasteiger partial charge in [-0.05, 0) is 45.0 Å². The number of H-pyrrole nitrogens is 1. The summed E-state index contributed by atoms with van der Waals surface area (Å²) in [6, 6.07) is 6.39. The van der Waals surface area contributed by atoms with Gasteiger partial charge in [0.2, 0.25) is 0 Å². The van der Waals surface area contributed by atoms with Gasteiger partial charge in [0.15, 0.2) is 0 Å². The largest absolute Gasteiger partial charge is 0.326 e. The molecule has 0 amide bonds. The molecule has 1 aliphatic rings. The number of hydrogen-bond donors (Lipinski definition) is 1. The average molecular weight is 245 g/mol. The number of aromatic amines is 1. The first-order valence-corrected chi connectivity index (χ1v) is 6.55. The lowest BCUT2D eigenvalue weighted by molar-refractivity contribution is 0.212. The van der Waals surface area contributed by atoms with Crippen molar-refractivity contribution in [1.29, 1.82) is 0 Å². The highest BCUT2D eigenvalue weighted by molar-refractivity contribution is 5.78. The number of aryl methyl sites for hydroxylation is 1. The van der Waals surface area contributed by atoms with Crippen LogP contribution in [0.1, 0.15) is 24.4 Å². The maximum atomic E-state index is 12.2. The van der Waals surface area contributed by atoms with E-state index in [-0.39, 0.29) is 5.69 Å². The van der Waals surface area contributed by atoms with E-state index in [9.17, 15) is 4.79 Å². The minimum atomic E-state index is 0.0274. The lowest BCUT2D eigenvalue weighted by atomic mass is 10.1. The van der Waals surface area contributed by atoms with Crippen LogP contribution in [0.2, 0.25) is 0 Å². The summed E-state index contributed by atoms with van der Waals surface area (Å²) in [5.41, 5.74) is 3.18. The van der Waals surface area contributed by atoms with Crippen molar-refractivity contribution in [3.05, 3.63) is 34.2 Å². The van der Waals surface area contributed by atoms with Gasteiger partial charge in [-0.2, -0.15) is 0 Å². The zero-order valence-corrected chi connectivity index (χ0v) is 10.9. The van der Waals surface area contributed by atoms with Crippen LogP contribution in [0.4, 0.5) is 0 Å². The Morgan fingerprint density at radius 3 is 3.00 bits per heavy atom. The van der Waals surface area contributed by atoms with E-state index in [1.165, 1.54) is 0 Å². The number of rotatable bonds is 1. The van der Waals surface area contributed by atoms with Crippen LogP contribution < -0.4 is 5.69 Å². The summed E-state index contributed by atoms with van der Waals surface area (Å²) in [4.78, 5) is 17.5. The van der Waals surface area contributed by atoms with Crippen molar-refractivity contribution in [2.24, 2.45) is 0 Å². The van der Waals surface area contributed by atoms with E-state index < -0.39 is 0 Å². The zero-order chi connectivity index (χ0) is 12.7. The van der Waals surface area contributed by atoms with Crippen molar-refractivity contribution in [3.8, 4) is 0 Å². The Hall–Kier alpha value is -1.55. The van der Waals surface area contributed by atoms with Crippen molar-refractivity contribution in [2.45, 2.75) is 25.8 Å². The Balaban J connectivity index is 2.14. The summed E-state index contributed by atoms with van der Waals surface area (Å²) in [7, 11) is 2.12. The maximum absolute atomic E-state index is 12.2. The van der Waals surface area contributed by atoms with Gasteiger partial charge in [0, 0.05) is 6.54 Å². The molecule has 3 rings (SSSR count). The highest BCUT2D eigenvalue weighted by Gasteiger charge is 2.22. The van der Waals surface area contributed by atoms with Gasteiger partial charge >= 0.3 is 5.69 Å². The Morgan fingerprint density at radius 2 is 2.22 bits per heavy atom. The molecule has 4 heteroatoms. The molecule has 1 unspecified atom stereocenters. The SMILES string of the molecule is Cc1cccc2c1[nH]c(=O)n2C1CCCN(C)C1. The third kappa shape index (κ3) is 1.77. The summed E-state index contributed by atoms with van der Waals surface area (Å²) in [6.45, 7) is 4.13. The van der Waals surface area contributed by atoms with E-state index in [0.717, 1.165) is 42.5 Å². The number of likely N-dealkylation sites (tertiary alicyclic amines) is 1. The number of benzene rings is 1. The average Bonchev–Trinajstić information content (AvgIpc) is 2.67. The number of nitrogens with zero attached hydrogens (tertiary/aromatic N) is 2. The Morgan fingerprint density at radius 1 is 1.39 bits per heavy atom. The second kappa shape index (κ2) is 4.28. The third-order valence-electron chi connectivity index (χ3n) is 3.93. The van der Waals surface area contributed by atoms with Crippen molar-refractivity contribution < 1.29 is 0 Å². The molecule has 2 heterocycles. The lowest BCUT2D eigenvalue weighted by Crippen LogP contribution is -2.36. The molecule has 1 aromatic heterocycles. The number of nitrogens with one attached hydrogen (secondary N) is 1. The van der Waals surface area contributed by atoms with Crippen LogP contribution in [-0.4, -0.2) is 34.6 Å². The predicted molar refractivity (Wildman–Crippen MR) is 73.1 cm³/mol. The highest BCUT2D eigenvalue weighted by atomic mass is 16.1. The van der Waals surface area contributed by atoms with E-state index in [2.05, 4.69) is 16.9 Å². The van der Waals surface area contributed by atoms with E-state index in [1.807, 2.05) is 29.7 Å². The van der Waals surface area contributed by atoms with Crippen LogP contribution >= 0.6 is 0 Å². The summed E-state index contributed by atoms with van der Waals surface area (Å²) in [6.07, 6.45) is 2.25. The number of fused-ring (bicyclic) bond motifs is 1. The first-order valence-electron chi connectivity index (χ1n) is 6.55. The molecule has 4 nitrogen and oxygen atoms in total. The Kier molecular flexibility index (Phi) is 2.74. The first-order chi connectivity index (χ1) is 8.66. The highest BCUT2D eigenvalue weighted by Crippen LogP contribution is 2.24. The van der Waals surface area contributed by atoms with Gasteiger partial charge in [0.05, 0.1) is 17.1 Å². The van der Waals surface area contributed by atoms with Gasteiger partial charge in [0.25, 0.3) is 0 Å². The third-order valence-corrected chi connectivity index (χ3v) is 3.93. The summed E-state index contributed by atoms with van der Waals surface area (Å²) in [5.74, 6) is 0. The van der Waals surface area contributed by atoms with E-state index in [4.69, 9.17) is 0 Å². The normalized spacial score (nSPS) is 21.6. The van der Waals surface area contributed by atoms with Crippen molar-refractivity contribution in [1.82, 2.24) is 14.5 Å². The zero-order valence-electron chi connectivity index (χ0n) is 10.9. The summed E-state index contributed by atoms with van der Waals surface area (Å²) in [5, 5.41) is 0. The molecule has 0 aliphatic carbocycles. The van der Waals surface area contributed by atoms with Gasteiger partial charge in [-0.3, -0.25) is 4.57 Å². The molecule has 0 saturated carbocycles. The van der Waals surface area contributed by atoms with Crippen molar-refractivity contribution in [2.75, 3.05) is 20.1 Å². The molecular weight excluding hydrogens is 226 g/mol. The molecule has 1 N–H and O–H groups in total. The summed E-state index contributed by atoms with van der Waals surface area (Å²) < 4.78 is 1.94. The number of para-hydroxylation sites is 1. The Bertz CT molecular complexity index is 625. The number of hydrogen-bond acceptors (Lipinski definition) is 2. The molecule has 0 radical (unpaired) electrons. The van der Waals surface area contributed by atoms with Gasteiger partial charge in [0.1, 0.15) is 0 Å². The number of aromatic nitrogens is 2. The second-order valence-electron chi connectivity index (χ2n) is 5.33. The monoisotopic (exact) mass is 245 g/mol. The van der Waals surface area contributed by atoms with Crippen LogP contribution in [-0.2, 0) is 0 Å². The van der Waals surface area contributed by atoms with Gasteiger partial charge in [-0.25, -0.2) is 4.79 Å². The van der Waals surface area contributed by atoms with Crippen LogP contribution in [0, 0.1) is 6.92 Å². The van der Waals surface area contributed by atoms with Crippen LogP contribution in [0.25, 0.3) is 11.0 Å². The molecule has 0 spiro atoms. The van der Waals surface area contributed by atoms with Crippen LogP contribution in [0.15, 0.2) is 23.0 Å². The van der Waals surface area contributed by atoms with Crippen LogP contribution in [0.5, 0.6) is 0 Å². The van der Waals surface area contributed by atoms with Crippen LogP contribution in [0.3, 0.4) is 0 Å². The standard InChI is InChI=1S/C14H19N3O/c1-10-5-3-7-12-13(10)15-14(18)17(12)11-6-4-8-16(2)9-11/h3,5,7,11H,4,6,8-9H2,1-2H3,(H,15,18). The molecule has 1 atom stereocenters. The van der Waals surface area contributed by atoms with Gasteiger partial charge in [-0.1, -0.05) is 12.1 Å². The molecule has 18 heavy (non-hydrogen) atoms. The van der Waals surface area contributed by atoms with E-state index in [1.54, 1.807) is 0 Å². The fraction of sp³-hybridized carbons (Fsp3) is 0.500. The Labute approximate surface area is 106 Å². The maximum Gasteiger partial charge on any atom is 0.326 e. The van der Waals surface area contributed by atoms with Gasteiger partial charge in [-0.15, -0.1) is 0 Å². The van der Waals surface area contributed by atoms with Crippen molar-refractivity contribution >= 4 is 11.0 Å². The molecule has 0 bridgehead atoms. The second-order valence-corrected chi connectivity index (χ2v) is 5.33. The molecule has 1 fully saturated rings.